The number of carbonyl (C=O) groups is 2. The smallest absolute Gasteiger partial charge is 0.417 e. The highest BCUT2D eigenvalue weighted by Crippen LogP contribution is 2.20. The fraction of sp³-hybridized carbons (Fsp3) is 0.444. The lowest BCUT2D eigenvalue weighted by atomic mass is 10.1. The zero-order valence-corrected chi connectivity index (χ0v) is 14.2. The number of hydrogen-bond acceptors (Lipinski definition) is 4. The largest absolute Gasteiger partial charge is 0.443 e. The van der Waals surface area contributed by atoms with E-state index in [4.69, 9.17) is 4.74 Å². The van der Waals surface area contributed by atoms with Crippen molar-refractivity contribution in [3.63, 3.8) is 0 Å². The van der Waals surface area contributed by atoms with Crippen LogP contribution in [-0.4, -0.2) is 29.0 Å². The molecule has 2 rings (SSSR count). The van der Waals surface area contributed by atoms with E-state index in [9.17, 15) is 9.59 Å². The number of amides is 2. The SMILES string of the molecule is CC1=C(NCc2ccccc2)CCN(C(=O)OC(C)(C)C)C1=O. The summed E-state index contributed by atoms with van der Waals surface area (Å²) in [5.74, 6) is -0.291. The van der Waals surface area contributed by atoms with Gasteiger partial charge in [-0.3, -0.25) is 4.79 Å². The van der Waals surface area contributed by atoms with E-state index >= 15 is 0 Å². The van der Waals surface area contributed by atoms with E-state index in [1.54, 1.807) is 27.7 Å². The molecule has 124 valence electrons. The van der Waals surface area contributed by atoms with Gasteiger partial charge in [-0.1, -0.05) is 30.3 Å². The second-order valence-corrected chi connectivity index (χ2v) is 6.63. The van der Waals surface area contributed by atoms with Crippen molar-refractivity contribution in [1.29, 1.82) is 0 Å². The Morgan fingerprint density at radius 3 is 2.52 bits per heavy atom. The summed E-state index contributed by atoms with van der Waals surface area (Å²) in [6.07, 6.45) is 0.0351. The van der Waals surface area contributed by atoms with Gasteiger partial charge in [0.25, 0.3) is 5.91 Å². The fourth-order valence-electron chi connectivity index (χ4n) is 2.36. The van der Waals surface area contributed by atoms with E-state index in [1.807, 2.05) is 30.3 Å². The van der Waals surface area contributed by atoms with E-state index < -0.39 is 11.7 Å². The first-order valence-electron chi connectivity index (χ1n) is 7.80. The average molecular weight is 316 g/mol. The summed E-state index contributed by atoms with van der Waals surface area (Å²) >= 11 is 0. The first kappa shape index (κ1) is 17.1. The van der Waals surface area contributed by atoms with E-state index in [0.29, 0.717) is 25.1 Å². The third-order valence-corrected chi connectivity index (χ3v) is 3.57. The molecule has 0 saturated heterocycles. The monoisotopic (exact) mass is 316 g/mol. The lowest BCUT2D eigenvalue weighted by Crippen LogP contribution is -2.45. The molecule has 0 bridgehead atoms. The predicted molar refractivity (Wildman–Crippen MR) is 88.5 cm³/mol. The van der Waals surface area contributed by atoms with Crippen molar-refractivity contribution in [2.75, 3.05) is 6.54 Å². The molecule has 2 amide bonds. The van der Waals surface area contributed by atoms with Crippen LogP contribution in [0.4, 0.5) is 4.79 Å². The highest BCUT2D eigenvalue weighted by Gasteiger charge is 2.32. The van der Waals surface area contributed by atoms with Crippen LogP contribution in [-0.2, 0) is 16.1 Å². The van der Waals surface area contributed by atoms with Crippen LogP contribution in [0.25, 0.3) is 0 Å². The molecule has 0 spiro atoms. The normalized spacial score (nSPS) is 15.7. The summed E-state index contributed by atoms with van der Waals surface area (Å²) in [5.41, 5.74) is 1.99. The number of nitrogens with zero attached hydrogens (tertiary/aromatic N) is 1. The van der Waals surface area contributed by atoms with Gasteiger partial charge in [-0.25, -0.2) is 9.69 Å². The highest BCUT2D eigenvalue weighted by molar-refractivity contribution is 6.03. The molecule has 0 aromatic heterocycles. The van der Waals surface area contributed by atoms with Crippen LogP contribution in [0.1, 0.15) is 39.7 Å². The zero-order chi connectivity index (χ0) is 17.0. The van der Waals surface area contributed by atoms with E-state index in [-0.39, 0.29) is 5.91 Å². The van der Waals surface area contributed by atoms with Crippen LogP contribution < -0.4 is 5.32 Å². The van der Waals surface area contributed by atoms with Gasteiger partial charge < -0.3 is 10.1 Å². The first-order chi connectivity index (χ1) is 10.8. The topological polar surface area (TPSA) is 58.6 Å². The standard InChI is InChI=1S/C18H24N2O3/c1-13-15(19-12-14-8-6-5-7-9-14)10-11-20(16(13)21)17(22)23-18(2,3)4/h5-9,19H,10-12H2,1-4H3. The van der Waals surface area contributed by atoms with Gasteiger partial charge in [0, 0.05) is 30.8 Å². The second kappa shape index (κ2) is 6.86. The van der Waals surface area contributed by atoms with Gasteiger partial charge in [-0.2, -0.15) is 0 Å². The Hall–Kier alpha value is -2.30. The highest BCUT2D eigenvalue weighted by atomic mass is 16.6. The Bertz CT molecular complexity index is 615. The zero-order valence-electron chi connectivity index (χ0n) is 14.2. The summed E-state index contributed by atoms with van der Waals surface area (Å²) in [6.45, 7) is 8.10. The number of ether oxygens (including phenoxy) is 1. The van der Waals surface area contributed by atoms with Crippen molar-refractivity contribution >= 4 is 12.0 Å². The maximum absolute atomic E-state index is 12.4. The van der Waals surface area contributed by atoms with Crippen molar-refractivity contribution < 1.29 is 14.3 Å². The molecule has 1 aromatic carbocycles. The molecule has 1 aliphatic heterocycles. The molecular formula is C18H24N2O3. The third kappa shape index (κ3) is 4.58. The molecule has 0 atom stereocenters. The van der Waals surface area contributed by atoms with Crippen molar-refractivity contribution in [3.8, 4) is 0 Å². The third-order valence-electron chi connectivity index (χ3n) is 3.57. The summed E-state index contributed by atoms with van der Waals surface area (Å²) < 4.78 is 5.28. The van der Waals surface area contributed by atoms with Gasteiger partial charge in [0.2, 0.25) is 0 Å². The van der Waals surface area contributed by atoms with Crippen LogP contribution in [0.2, 0.25) is 0 Å². The summed E-state index contributed by atoms with van der Waals surface area (Å²) in [5, 5.41) is 3.31. The van der Waals surface area contributed by atoms with Crippen molar-refractivity contribution in [3.05, 3.63) is 47.2 Å². The van der Waals surface area contributed by atoms with Gasteiger partial charge in [0.05, 0.1) is 0 Å². The average Bonchev–Trinajstić information content (AvgIpc) is 2.48. The molecule has 23 heavy (non-hydrogen) atoms. The number of benzene rings is 1. The maximum atomic E-state index is 12.4. The van der Waals surface area contributed by atoms with Gasteiger partial charge in [-0.15, -0.1) is 0 Å². The van der Waals surface area contributed by atoms with Crippen molar-refractivity contribution in [1.82, 2.24) is 10.2 Å². The molecule has 5 heteroatoms. The molecule has 1 aliphatic rings. The minimum absolute atomic E-state index is 0.291. The molecule has 0 radical (unpaired) electrons. The molecule has 0 unspecified atom stereocenters. The van der Waals surface area contributed by atoms with Crippen LogP contribution >= 0.6 is 0 Å². The van der Waals surface area contributed by atoms with Crippen LogP contribution in [0.5, 0.6) is 0 Å². The van der Waals surface area contributed by atoms with E-state index in [0.717, 1.165) is 11.3 Å². The molecular weight excluding hydrogens is 292 g/mol. The van der Waals surface area contributed by atoms with Gasteiger partial charge in [-0.05, 0) is 33.3 Å². The Morgan fingerprint density at radius 1 is 1.26 bits per heavy atom. The lowest BCUT2D eigenvalue weighted by molar-refractivity contribution is -0.127. The fourth-order valence-corrected chi connectivity index (χ4v) is 2.36. The first-order valence-corrected chi connectivity index (χ1v) is 7.80. The minimum Gasteiger partial charge on any atom is -0.443 e. The van der Waals surface area contributed by atoms with Crippen molar-refractivity contribution in [2.24, 2.45) is 0 Å². The van der Waals surface area contributed by atoms with Crippen LogP contribution in [0.3, 0.4) is 0 Å². The lowest BCUT2D eigenvalue weighted by Gasteiger charge is -2.30. The number of nitrogens with one attached hydrogen (secondary N) is 1. The predicted octanol–water partition coefficient (Wildman–Crippen LogP) is 3.22. The van der Waals surface area contributed by atoms with Gasteiger partial charge >= 0.3 is 6.09 Å². The molecule has 0 fully saturated rings. The van der Waals surface area contributed by atoms with Gasteiger partial charge in [0.15, 0.2) is 0 Å². The molecule has 1 heterocycles. The minimum atomic E-state index is -0.610. The molecule has 0 aliphatic carbocycles. The van der Waals surface area contributed by atoms with Gasteiger partial charge in [0.1, 0.15) is 5.60 Å². The number of imide groups is 1. The summed E-state index contributed by atoms with van der Waals surface area (Å²) in [4.78, 5) is 25.7. The van der Waals surface area contributed by atoms with Crippen LogP contribution in [0.15, 0.2) is 41.6 Å². The van der Waals surface area contributed by atoms with E-state index in [1.165, 1.54) is 4.90 Å². The Kier molecular flexibility index (Phi) is 5.08. The number of rotatable bonds is 3. The Morgan fingerprint density at radius 2 is 1.91 bits per heavy atom. The number of hydrogen-bond donors (Lipinski definition) is 1. The Balaban J connectivity index is 2.02. The molecule has 0 saturated carbocycles. The molecule has 1 aromatic rings. The number of carbonyl (C=O) groups excluding carboxylic acids is 2. The van der Waals surface area contributed by atoms with Crippen LogP contribution in [0, 0.1) is 0 Å². The van der Waals surface area contributed by atoms with Crippen molar-refractivity contribution in [2.45, 2.75) is 46.3 Å². The summed E-state index contributed by atoms with van der Waals surface area (Å²) in [7, 11) is 0. The summed E-state index contributed by atoms with van der Waals surface area (Å²) in [6, 6.07) is 9.99. The second-order valence-electron chi connectivity index (χ2n) is 6.63. The molecule has 1 N–H and O–H groups in total. The maximum Gasteiger partial charge on any atom is 0.417 e. The van der Waals surface area contributed by atoms with E-state index in [2.05, 4.69) is 5.32 Å². The Labute approximate surface area is 137 Å². The quantitative estimate of drug-likeness (QED) is 0.930. The molecule has 5 nitrogen and oxygen atoms in total.